The van der Waals surface area contributed by atoms with Crippen molar-refractivity contribution < 1.29 is 22.1 Å². The number of aryl methyl sites for hydroxylation is 1. The number of H-pyrrole nitrogens is 1. The zero-order valence-electron chi connectivity index (χ0n) is 15.2. The molecular weight excluding hydrogens is 422 g/mol. The third-order valence-electron chi connectivity index (χ3n) is 4.19. The van der Waals surface area contributed by atoms with Crippen molar-refractivity contribution in [3.05, 3.63) is 63.7 Å². The summed E-state index contributed by atoms with van der Waals surface area (Å²) in [7, 11) is -2.56. The van der Waals surface area contributed by atoms with Gasteiger partial charge >= 0.3 is 5.76 Å². The van der Waals surface area contributed by atoms with Crippen LogP contribution in [0.3, 0.4) is 0 Å². The molecule has 150 valence electrons. The van der Waals surface area contributed by atoms with Gasteiger partial charge in [-0.1, -0.05) is 34.5 Å². The number of aromatic amines is 1. The molecular formula is C18H14ClN3O6S. The first kappa shape index (κ1) is 19.1. The van der Waals surface area contributed by atoms with Crippen molar-refractivity contribution in [2.75, 3.05) is 7.11 Å². The van der Waals surface area contributed by atoms with Crippen LogP contribution >= 0.6 is 11.6 Å². The largest absolute Gasteiger partial charge is 0.493 e. The lowest BCUT2D eigenvalue weighted by Crippen LogP contribution is -2.13. The van der Waals surface area contributed by atoms with Crippen molar-refractivity contribution in [3.8, 4) is 28.8 Å². The maximum Gasteiger partial charge on any atom is 0.439 e. The third kappa shape index (κ3) is 3.26. The van der Waals surface area contributed by atoms with Gasteiger partial charge in [-0.25, -0.2) is 17.2 Å². The number of hydrogen-bond acceptors (Lipinski definition) is 7. The summed E-state index contributed by atoms with van der Waals surface area (Å²) in [6, 6.07) is 9.31. The first-order valence-electron chi connectivity index (χ1n) is 8.25. The predicted molar refractivity (Wildman–Crippen MR) is 104 cm³/mol. The summed E-state index contributed by atoms with van der Waals surface area (Å²) >= 11 is 6.28. The van der Waals surface area contributed by atoms with Crippen molar-refractivity contribution in [2.24, 2.45) is 0 Å². The number of furan rings is 1. The molecule has 0 atom stereocenters. The first-order valence-corrected chi connectivity index (χ1v) is 10.1. The van der Waals surface area contributed by atoms with E-state index in [0.29, 0.717) is 0 Å². The molecule has 29 heavy (non-hydrogen) atoms. The molecule has 9 nitrogen and oxygen atoms in total. The van der Waals surface area contributed by atoms with Crippen molar-refractivity contribution >= 4 is 21.6 Å². The number of ether oxygens (including phenoxy) is 1. The maximum absolute atomic E-state index is 13.1. The molecule has 3 heterocycles. The Morgan fingerprint density at radius 1 is 1.21 bits per heavy atom. The Hall–Kier alpha value is -3.24. The Balaban J connectivity index is 1.88. The molecule has 0 spiro atoms. The lowest BCUT2D eigenvalue weighted by Gasteiger charge is -2.10. The Morgan fingerprint density at radius 2 is 1.93 bits per heavy atom. The molecule has 0 saturated carbocycles. The second kappa shape index (κ2) is 6.98. The van der Waals surface area contributed by atoms with Crippen LogP contribution in [0.4, 0.5) is 0 Å². The van der Waals surface area contributed by atoms with E-state index in [0.717, 1.165) is 9.54 Å². The van der Waals surface area contributed by atoms with Gasteiger partial charge in [0.1, 0.15) is 5.69 Å². The van der Waals surface area contributed by atoms with E-state index in [4.69, 9.17) is 20.8 Å². The van der Waals surface area contributed by atoms with Crippen LogP contribution in [0.1, 0.15) is 5.56 Å². The number of hydrogen-bond donors (Lipinski definition) is 1. The zero-order chi connectivity index (χ0) is 20.8. The summed E-state index contributed by atoms with van der Waals surface area (Å²) in [5, 5.41) is 3.71. The van der Waals surface area contributed by atoms with E-state index in [1.54, 1.807) is 12.1 Å². The summed E-state index contributed by atoms with van der Waals surface area (Å²) in [5.41, 5.74) is 1.03. The van der Waals surface area contributed by atoms with Gasteiger partial charge < -0.3 is 9.15 Å². The lowest BCUT2D eigenvalue weighted by atomic mass is 10.2. The van der Waals surface area contributed by atoms with Crippen molar-refractivity contribution in [3.63, 3.8) is 0 Å². The number of nitrogens with one attached hydrogen (secondary N) is 1. The van der Waals surface area contributed by atoms with Gasteiger partial charge in [-0.05, 0) is 25.1 Å². The van der Waals surface area contributed by atoms with E-state index in [9.17, 15) is 13.2 Å². The minimum atomic E-state index is -3.95. The Morgan fingerprint density at radius 3 is 2.55 bits per heavy atom. The summed E-state index contributed by atoms with van der Waals surface area (Å²) in [6.45, 7) is 1.86. The summed E-state index contributed by atoms with van der Waals surface area (Å²) in [4.78, 5) is 13.7. The van der Waals surface area contributed by atoms with Gasteiger partial charge in [0.05, 0.1) is 17.0 Å². The van der Waals surface area contributed by atoms with E-state index in [-0.39, 0.29) is 38.7 Å². The molecule has 0 saturated heterocycles. The number of halogens is 1. The number of benzene rings is 1. The average molecular weight is 436 g/mol. The lowest BCUT2D eigenvalue weighted by molar-refractivity contribution is 0.384. The maximum atomic E-state index is 13.1. The van der Waals surface area contributed by atoms with Gasteiger partial charge in [-0.3, -0.25) is 9.51 Å². The van der Waals surface area contributed by atoms with E-state index in [1.165, 1.54) is 37.6 Å². The predicted octanol–water partition coefficient (Wildman–Crippen LogP) is 3.30. The first-order chi connectivity index (χ1) is 13.8. The Kier molecular flexibility index (Phi) is 4.59. The monoisotopic (exact) mass is 435 g/mol. The fourth-order valence-electron chi connectivity index (χ4n) is 2.78. The van der Waals surface area contributed by atoms with Crippen LogP contribution in [0.25, 0.3) is 23.0 Å². The van der Waals surface area contributed by atoms with Crippen LogP contribution in [0.15, 0.2) is 61.2 Å². The van der Waals surface area contributed by atoms with Crippen molar-refractivity contribution in [2.45, 2.75) is 11.8 Å². The van der Waals surface area contributed by atoms with E-state index >= 15 is 0 Å². The second-order valence-corrected chi connectivity index (χ2v) is 8.30. The fourth-order valence-corrected chi connectivity index (χ4v) is 4.43. The number of aromatic nitrogens is 3. The Labute approximate surface area is 169 Å². The van der Waals surface area contributed by atoms with Gasteiger partial charge in [0.2, 0.25) is 11.6 Å². The van der Waals surface area contributed by atoms with Gasteiger partial charge in [-0.2, -0.15) is 0 Å². The molecule has 1 N–H and O–H groups in total. The standard InChI is InChI=1S/C18H14ClN3O6S/c1-10-3-5-11(6-4-10)29(24,25)22-8-7-12(19)15(22)13-9-14(26-2)16(27-13)17-20-18(23)28-21-17/h3-9H,1-2H3,(H,20,21,23). The third-order valence-corrected chi connectivity index (χ3v) is 6.18. The quantitative estimate of drug-likeness (QED) is 0.510. The molecule has 1 aromatic carbocycles. The molecule has 0 aliphatic carbocycles. The van der Waals surface area contributed by atoms with Gasteiger partial charge in [-0.15, -0.1) is 0 Å². The van der Waals surface area contributed by atoms with E-state index in [2.05, 4.69) is 14.7 Å². The highest BCUT2D eigenvalue weighted by molar-refractivity contribution is 7.90. The molecule has 0 bridgehead atoms. The minimum absolute atomic E-state index is 0.00581. The smallest absolute Gasteiger partial charge is 0.439 e. The molecule has 0 amide bonds. The molecule has 0 aliphatic heterocycles. The molecule has 3 aromatic heterocycles. The molecule has 11 heteroatoms. The van der Waals surface area contributed by atoms with Crippen LogP contribution in [-0.2, 0) is 10.0 Å². The van der Waals surface area contributed by atoms with Crippen LogP contribution in [0.5, 0.6) is 5.75 Å². The fraction of sp³-hybridized carbons (Fsp3) is 0.111. The van der Waals surface area contributed by atoms with E-state index in [1.807, 2.05) is 6.92 Å². The summed E-state index contributed by atoms with van der Waals surface area (Å²) in [5.74, 6) is -0.408. The van der Waals surface area contributed by atoms with Crippen LogP contribution < -0.4 is 10.5 Å². The highest BCUT2D eigenvalue weighted by Gasteiger charge is 2.27. The van der Waals surface area contributed by atoms with Gasteiger partial charge in [0.15, 0.2) is 11.5 Å². The number of nitrogens with zero attached hydrogens (tertiary/aromatic N) is 2. The minimum Gasteiger partial charge on any atom is -0.493 e. The highest BCUT2D eigenvalue weighted by Crippen LogP contribution is 2.40. The van der Waals surface area contributed by atoms with Crippen molar-refractivity contribution in [1.82, 2.24) is 14.1 Å². The molecule has 4 aromatic rings. The van der Waals surface area contributed by atoms with Crippen LogP contribution in [0.2, 0.25) is 5.02 Å². The molecule has 0 radical (unpaired) electrons. The summed E-state index contributed by atoms with van der Waals surface area (Å²) < 4.78 is 42.8. The topological polar surface area (TPSA) is 120 Å². The Bertz CT molecular complexity index is 1340. The van der Waals surface area contributed by atoms with Gasteiger partial charge in [0, 0.05) is 12.3 Å². The van der Waals surface area contributed by atoms with Gasteiger partial charge in [0.25, 0.3) is 10.0 Å². The molecule has 4 rings (SSSR count). The van der Waals surface area contributed by atoms with Crippen molar-refractivity contribution in [1.29, 1.82) is 0 Å². The normalized spacial score (nSPS) is 11.7. The highest BCUT2D eigenvalue weighted by atomic mass is 35.5. The molecule has 0 aliphatic rings. The summed E-state index contributed by atoms with van der Waals surface area (Å²) in [6.07, 6.45) is 1.33. The number of rotatable bonds is 5. The zero-order valence-corrected chi connectivity index (χ0v) is 16.7. The molecule has 0 unspecified atom stereocenters. The SMILES string of the molecule is COc1cc(-c2c(Cl)ccn2S(=O)(=O)c2ccc(C)cc2)oc1-c1noc(=O)[nH]1. The number of methoxy groups -OCH3 is 1. The van der Waals surface area contributed by atoms with E-state index < -0.39 is 15.8 Å². The average Bonchev–Trinajstić information content (AvgIpc) is 3.39. The van der Waals surface area contributed by atoms with Crippen LogP contribution in [-0.4, -0.2) is 29.6 Å². The van der Waals surface area contributed by atoms with Crippen LogP contribution in [0, 0.1) is 6.92 Å². The molecule has 0 fully saturated rings. The second-order valence-electron chi connectivity index (χ2n) is 6.08.